The van der Waals surface area contributed by atoms with Crippen LogP contribution < -0.4 is 0 Å². The predicted octanol–water partition coefficient (Wildman–Crippen LogP) is 5.76. The van der Waals surface area contributed by atoms with Crippen molar-refractivity contribution in [3.05, 3.63) is 44.0 Å². The first kappa shape index (κ1) is 20.5. The molecule has 2 atom stereocenters. The van der Waals surface area contributed by atoms with Crippen LogP contribution in [-0.2, 0) is 22.8 Å². The molecule has 1 fully saturated rings. The Labute approximate surface area is 161 Å². The smallest absolute Gasteiger partial charge is 0.426 e. The third-order valence-electron chi connectivity index (χ3n) is 4.48. The number of allylic oxidation sites excluding steroid dienone is 2. The number of carbonyl (C=O) groups is 1. The Balaban J connectivity index is 2.06. The summed E-state index contributed by atoms with van der Waals surface area (Å²) in [6.07, 6.45) is -3.77. The third kappa shape index (κ3) is 4.48. The average molecular weight is 491 g/mol. The van der Waals surface area contributed by atoms with Crippen LogP contribution in [0, 0.1) is 20.8 Å². The van der Waals surface area contributed by atoms with Gasteiger partial charge in [0.1, 0.15) is 18.3 Å². The van der Waals surface area contributed by atoms with Crippen molar-refractivity contribution >= 4 is 40.2 Å². The van der Waals surface area contributed by atoms with Crippen LogP contribution in [0.3, 0.4) is 0 Å². The van der Waals surface area contributed by atoms with Crippen molar-refractivity contribution < 1.29 is 27.1 Å². The van der Waals surface area contributed by atoms with E-state index in [1.165, 1.54) is 0 Å². The lowest BCUT2D eigenvalue weighted by atomic mass is 10.1. The molecule has 0 aromatic heterocycles. The van der Waals surface area contributed by atoms with Gasteiger partial charge >= 0.3 is 12.1 Å². The summed E-state index contributed by atoms with van der Waals surface area (Å²) < 4.78 is 56.7. The number of hydrogen-bond donors (Lipinski definition) is 0. The van der Waals surface area contributed by atoms with E-state index in [1.54, 1.807) is 32.0 Å². The Kier molecular flexibility index (Phi) is 6.08. The van der Waals surface area contributed by atoms with E-state index in [0.717, 1.165) is 9.65 Å². The number of rotatable bonds is 5. The molecule has 1 aliphatic carbocycles. The minimum atomic E-state index is -4.63. The lowest BCUT2D eigenvalue weighted by molar-refractivity contribution is -0.147. The summed E-state index contributed by atoms with van der Waals surface area (Å²) in [7, 11) is 0. The van der Waals surface area contributed by atoms with Gasteiger partial charge in [-0.2, -0.15) is 13.2 Å². The summed E-state index contributed by atoms with van der Waals surface area (Å²) in [6.45, 7) is 2.55. The minimum absolute atomic E-state index is 0.120. The summed E-state index contributed by atoms with van der Waals surface area (Å²) in [5, 5.41) is -1.24. The quantitative estimate of drug-likeness (QED) is 0.298. The maximum atomic E-state index is 13.1. The maximum absolute atomic E-state index is 13.1. The molecule has 0 saturated heterocycles. The van der Waals surface area contributed by atoms with Gasteiger partial charge in [0.15, 0.2) is 0 Å². The van der Waals surface area contributed by atoms with Gasteiger partial charge in [0.25, 0.3) is 0 Å². The number of esters is 1. The predicted molar refractivity (Wildman–Crippen MR) is 94.5 cm³/mol. The number of benzene rings is 1. The van der Waals surface area contributed by atoms with Gasteiger partial charge in [-0.05, 0) is 45.6 Å². The normalized spacial score (nSPS) is 22.6. The lowest BCUT2D eigenvalue weighted by Crippen LogP contribution is -2.12. The van der Waals surface area contributed by atoms with Crippen molar-refractivity contribution in [2.75, 3.05) is 0 Å². The van der Waals surface area contributed by atoms with E-state index < -0.39 is 41.1 Å². The summed E-state index contributed by atoms with van der Waals surface area (Å²) in [5.74, 6) is -1.97. The van der Waals surface area contributed by atoms with Crippen molar-refractivity contribution in [2.24, 2.45) is 17.3 Å². The molecule has 25 heavy (non-hydrogen) atoms. The molecular formula is C17H16ClF4IO2. The molecule has 2 nitrogen and oxygen atoms in total. The highest BCUT2D eigenvalue weighted by molar-refractivity contribution is 14.1. The second kappa shape index (κ2) is 7.42. The highest BCUT2D eigenvalue weighted by atomic mass is 127. The zero-order chi connectivity index (χ0) is 19.0. The molecule has 138 valence electrons. The van der Waals surface area contributed by atoms with Crippen LogP contribution in [0.15, 0.2) is 29.3 Å². The van der Waals surface area contributed by atoms with E-state index in [0.29, 0.717) is 11.1 Å². The van der Waals surface area contributed by atoms with E-state index >= 15 is 0 Å². The molecule has 1 saturated carbocycles. The van der Waals surface area contributed by atoms with Crippen molar-refractivity contribution in [3.63, 3.8) is 0 Å². The fourth-order valence-electron chi connectivity index (χ4n) is 2.82. The summed E-state index contributed by atoms with van der Waals surface area (Å²) in [5.41, 5.74) is 0.320. The molecule has 0 amide bonds. The SMILES string of the molecule is CC1(C)[C@H](C(=O)OCc2cccc(I)c2CF)[C@@H]1/C=C(\Cl)C(F)(F)F. The number of hydrogen-bond acceptors (Lipinski definition) is 2. The first-order valence-corrected chi connectivity index (χ1v) is 8.89. The molecule has 8 heteroatoms. The number of alkyl halides is 4. The lowest BCUT2D eigenvalue weighted by Gasteiger charge is -2.10. The highest BCUT2D eigenvalue weighted by Crippen LogP contribution is 2.60. The minimum Gasteiger partial charge on any atom is -0.461 e. The first-order chi connectivity index (χ1) is 11.5. The van der Waals surface area contributed by atoms with Crippen LogP contribution in [0.2, 0.25) is 0 Å². The molecule has 0 aliphatic heterocycles. The van der Waals surface area contributed by atoms with Crippen LogP contribution in [0.4, 0.5) is 17.6 Å². The molecule has 0 bridgehead atoms. The van der Waals surface area contributed by atoms with Gasteiger partial charge in [0, 0.05) is 9.13 Å². The maximum Gasteiger partial charge on any atom is 0.426 e. The largest absolute Gasteiger partial charge is 0.461 e. The van der Waals surface area contributed by atoms with Crippen molar-refractivity contribution in [2.45, 2.75) is 33.3 Å². The van der Waals surface area contributed by atoms with E-state index in [2.05, 4.69) is 0 Å². The Morgan fingerprint density at radius 1 is 1.40 bits per heavy atom. The molecule has 1 aromatic carbocycles. The number of ether oxygens (including phenoxy) is 1. The topological polar surface area (TPSA) is 26.3 Å². The van der Waals surface area contributed by atoms with Crippen LogP contribution in [-0.4, -0.2) is 12.1 Å². The van der Waals surface area contributed by atoms with Gasteiger partial charge in [0.2, 0.25) is 0 Å². The van der Waals surface area contributed by atoms with E-state index in [-0.39, 0.29) is 6.61 Å². The van der Waals surface area contributed by atoms with Crippen molar-refractivity contribution in [1.29, 1.82) is 0 Å². The molecule has 0 spiro atoms. The molecule has 0 unspecified atom stereocenters. The second-order valence-corrected chi connectivity index (χ2v) is 8.03. The van der Waals surface area contributed by atoms with Crippen molar-refractivity contribution in [1.82, 2.24) is 0 Å². The van der Waals surface area contributed by atoms with E-state index in [1.807, 2.05) is 22.6 Å². The molecule has 1 aliphatic rings. The van der Waals surface area contributed by atoms with Gasteiger partial charge in [-0.15, -0.1) is 0 Å². The second-order valence-electron chi connectivity index (χ2n) is 6.46. The van der Waals surface area contributed by atoms with Crippen LogP contribution in [0.5, 0.6) is 0 Å². The van der Waals surface area contributed by atoms with Gasteiger partial charge in [-0.3, -0.25) is 4.79 Å². The molecule has 0 radical (unpaired) electrons. The fraction of sp³-hybridized carbons (Fsp3) is 0.471. The summed E-state index contributed by atoms with van der Waals surface area (Å²) in [4.78, 5) is 12.2. The monoisotopic (exact) mass is 490 g/mol. The van der Waals surface area contributed by atoms with Gasteiger partial charge in [-0.1, -0.05) is 43.7 Å². The Morgan fingerprint density at radius 2 is 2.04 bits per heavy atom. The summed E-state index contributed by atoms with van der Waals surface area (Å²) >= 11 is 7.25. The number of carbonyl (C=O) groups excluding carboxylic acids is 1. The molecule has 2 rings (SSSR count). The van der Waals surface area contributed by atoms with Gasteiger partial charge in [-0.25, -0.2) is 4.39 Å². The molecule has 0 N–H and O–H groups in total. The molecular weight excluding hydrogens is 475 g/mol. The summed E-state index contributed by atoms with van der Waals surface area (Å²) in [6, 6.07) is 5.12. The van der Waals surface area contributed by atoms with Crippen LogP contribution in [0.25, 0.3) is 0 Å². The van der Waals surface area contributed by atoms with E-state index in [4.69, 9.17) is 16.3 Å². The van der Waals surface area contributed by atoms with Crippen molar-refractivity contribution in [3.8, 4) is 0 Å². The average Bonchev–Trinajstić information content (AvgIpc) is 3.04. The Morgan fingerprint density at radius 3 is 2.60 bits per heavy atom. The Hall–Kier alpha value is -0.830. The number of halogens is 6. The zero-order valence-electron chi connectivity index (χ0n) is 13.5. The van der Waals surface area contributed by atoms with Gasteiger partial charge in [0.05, 0.1) is 5.92 Å². The molecule has 0 heterocycles. The standard InChI is InChI=1S/C17H16ClF4IO2/c1-16(2)11(6-13(18)17(20,21)22)14(16)15(24)25-8-9-4-3-5-12(23)10(9)7-19/h3-6,11,14H,7-8H2,1-2H3/b13-6-/t11-,14-/m0/s1. The first-order valence-electron chi connectivity index (χ1n) is 7.43. The van der Waals surface area contributed by atoms with Crippen LogP contribution >= 0.6 is 34.2 Å². The van der Waals surface area contributed by atoms with Gasteiger partial charge < -0.3 is 4.74 Å². The van der Waals surface area contributed by atoms with Crippen LogP contribution in [0.1, 0.15) is 25.0 Å². The highest BCUT2D eigenvalue weighted by Gasteiger charge is 2.62. The fourth-order valence-corrected chi connectivity index (χ4v) is 3.65. The Bertz CT molecular complexity index is 700. The molecule has 1 aromatic rings. The third-order valence-corrected chi connectivity index (χ3v) is 5.83. The zero-order valence-corrected chi connectivity index (χ0v) is 16.4. The van der Waals surface area contributed by atoms with E-state index in [9.17, 15) is 22.4 Å².